The van der Waals surface area contributed by atoms with E-state index in [0.29, 0.717) is 14.7 Å². The molecule has 3 atom stereocenters. The Kier molecular flexibility index (Phi) is 10.8. The summed E-state index contributed by atoms with van der Waals surface area (Å²) in [4.78, 5) is 1.20. The van der Waals surface area contributed by atoms with Crippen LogP contribution >= 0.6 is 0 Å². The topological polar surface area (TPSA) is 93.1 Å². The predicted molar refractivity (Wildman–Crippen MR) is 145 cm³/mol. The lowest BCUT2D eigenvalue weighted by molar-refractivity contribution is -0.392. The molecule has 3 rings (SSSR count). The molecule has 0 aliphatic heterocycles. The molecule has 260 valence electrons. The molecule has 47 heavy (non-hydrogen) atoms. The van der Waals surface area contributed by atoms with Crippen molar-refractivity contribution in [1.82, 2.24) is 0 Å². The van der Waals surface area contributed by atoms with Crippen LogP contribution in [0.3, 0.4) is 0 Å². The second kappa shape index (κ2) is 13.3. The first-order valence-corrected chi connectivity index (χ1v) is 15.6. The van der Waals surface area contributed by atoms with E-state index in [9.17, 15) is 61.8 Å². The molecular formula is C28H24F11O6S2+. The first kappa shape index (κ1) is 38.2. The van der Waals surface area contributed by atoms with Gasteiger partial charge in [-0.2, -0.15) is 56.7 Å². The fourth-order valence-electron chi connectivity index (χ4n) is 4.20. The molecule has 0 spiro atoms. The summed E-state index contributed by atoms with van der Waals surface area (Å²) >= 11 is 0. The number of rotatable bonds is 11. The van der Waals surface area contributed by atoms with Gasteiger partial charge in [-0.1, -0.05) is 32.0 Å². The predicted octanol–water partition coefficient (Wildman–Crippen LogP) is 7.83. The van der Waals surface area contributed by atoms with Crippen molar-refractivity contribution in [1.29, 1.82) is 0 Å². The summed E-state index contributed by atoms with van der Waals surface area (Å²) in [6.07, 6.45) is -25.4. The van der Waals surface area contributed by atoms with Gasteiger partial charge in [-0.05, 0) is 66.6 Å². The van der Waals surface area contributed by atoms with E-state index in [-0.39, 0.29) is 0 Å². The van der Waals surface area contributed by atoms with Gasteiger partial charge in [0, 0.05) is 0 Å². The minimum Gasteiger partial charge on any atom is -0.486 e. The number of ether oxygens (including phenoxy) is 2. The minimum atomic E-state index is -6.55. The SMILES string of the molecule is CC(C)C(Oc1ccc([S+](c2ccccc2)c2ccc(OC(C(F)(F)F)C(F)(F)S(=O)(=O)O)cc2)cc1)C(O)(C(F)(F)F)C(F)(F)F. The van der Waals surface area contributed by atoms with Gasteiger partial charge < -0.3 is 14.6 Å². The average Bonchev–Trinajstić information content (AvgIpc) is 2.94. The van der Waals surface area contributed by atoms with Crippen LogP contribution in [-0.4, -0.2) is 59.7 Å². The molecule has 0 radical (unpaired) electrons. The summed E-state index contributed by atoms with van der Waals surface area (Å²) in [6, 6.07) is 16.7. The Morgan fingerprint density at radius 2 is 1.02 bits per heavy atom. The van der Waals surface area contributed by atoms with E-state index in [1.807, 2.05) is 0 Å². The third-order valence-corrected chi connectivity index (χ3v) is 9.58. The molecule has 0 bridgehead atoms. The Balaban J connectivity index is 2.00. The number of halogens is 11. The van der Waals surface area contributed by atoms with Gasteiger partial charge in [0.05, 0.1) is 10.9 Å². The molecule has 0 aliphatic rings. The second-order valence-corrected chi connectivity index (χ2v) is 13.7. The van der Waals surface area contributed by atoms with E-state index in [4.69, 9.17) is 9.29 Å². The zero-order chi connectivity index (χ0) is 35.8. The van der Waals surface area contributed by atoms with Crippen molar-refractivity contribution in [3.05, 3.63) is 78.9 Å². The highest BCUT2D eigenvalue weighted by atomic mass is 32.2. The van der Waals surface area contributed by atoms with Crippen LogP contribution in [-0.2, 0) is 21.0 Å². The largest absolute Gasteiger partial charge is 0.486 e. The van der Waals surface area contributed by atoms with Gasteiger partial charge in [-0.25, -0.2) is 0 Å². The van der Waals surface area contributed by atoms with Crippen LogP contribution in [0.2, 0.25) is 0 Å². The van der Waals surface area contributed by atoms with Crippen molar-refractivity contribution < 1.29 is 75.8 Å². The van der Waals surface area contributed by atoms with Gasteiger partial charge in [0.15, 0.2) is 14.7 Å². The summed E-state index contributed by atoms with van der Waals surface area (Å²) < 4.78 is 189. The van der Waals surface area contributed by atoms with E-state index in [0.717, 1.165) is 50.2 Å². The second-order valence-electron chi connectivity index (χ2n) is 10.2. The Morgan fingerprint density at radius 3 is 1.36 bits per heavy atom. The normalized spacial score (nSPS) is 15.7. The van der Waals surface area contributed by atoms with Crippen LogP contribution in [0.5, 0.6) is 11.5 Å². The highest BCUT2D eigenvalue weighted by molar-refractivity contribution is 7.97. The molecule has 3 unspecified atom stereocenters. The standard InChI is InChI=1S/C28H23F11O6S2/c1-16(2)22(24(40,27(34,35)36)28(37,38)39)44-17-8-12-20(13-9-17)46(19-6-4-3-5-7-19)21-14-10-18(11-15-21)45-23(25(29,30)31)26(32,33)47(41,42)43/h3-16,22-23,40H,1-2H3/p+1. The fourth-order valence-corrected chi connectivity index (χ4v) is 6.72. The summed E-state index contributed by atoms with van der Waals surface area (Å²) in [5, 5.41) is 4.12. The third kappa shape index (κ3) is 8.06. The van der Waals surface area contributed by atoms with Gasteiger partial charge in [0.25, 0.3) is 11.7 Å². The van der Waals surface area contributed by atoms with Gasteiger partial charge in [0.2, 0.25) is 0 Å². The molecule has 0 saturated heterocycles. The van der Waals surface area contributed by atoms with Crippen LogP contribution in [0, 0.1) is 5.92 Å². The molecule has 0 aliphatic carbocycles. The lowest BCUT2D eigenvalue weighted by Crippen LogP contribution is -2.67. The number of aliphatic hydroxyl groups is 1. The average molecular weight is 730 g/mol. The molecule has 6 nitrogen and oxygen atoms in total. The van der Waals surface area contributed by atoms with E-state index < -0.39 is 80.0 Å². The van der Waals surface area contributed by atoms with Gasteiger partial charge in [-0.15, -0.1) is 0 Å². The molecule has 0 saturated carbocycles. The van der Waals surface area contributed by atoms with E-state index in [2.05, 4.69) is 4.74 Å². The fraction of sp³-hybridized carbons (Fsp3) is 0.357. The molecule has 0 fully saturated rings. The maximum absolute atomic E-state index is 13.9. The van der Waals surface area contributed by atoms with Gasteiger partial charge in [-0.3, -0.25) is 4.55 Å². The van der Waals surface area contributed by atoms with E-state index in [1.165, 1.54) is 12.1 Å². The molecule has 3 aromatic carbocycles. The Hall–Kier alpha value is -3.29. The van der Waals surface area contributed by atoms with Gasteiger partial charge >= 0.3 is 33.9 Å². The van der Waals surface area contributed by atoms with Crippen molar-refractivity contribution in [2.45, 2.75) is 70.1 Å². The van der Waals surface area contributed by atoms with E-state index in [1.54, 1.807) is 30.3 Å². The maximum Gasteiger partial charge on any atom is 0.432 e. The summed E-state index contributed by atoms with van der Waals surface area (Å²) in [7, 11) is -7.74. The maximum atomic E-state index is 13.9. The quantitative estimate of drug-likeness (QED) is 0.119. The number of alkyl halides is 11. The summed E-state index contributed by atoms with van der Waals surface area (Å²) in [5.41, 5.74) is -5.22. The van der Waals surface area contributed by atoms with Gasteiger partial charge in [0.1, 0.15) is 17.6 Å². The van der Waals surface area contributed by atoms with Crippen LogP contribution in [0.4, 0.5) is 48.3 Å². The molecule has 2 N–H and O–H groups in total. The molecular weight excluding hydrogens is 705 g/mol. The zero-order valence-electron chi connectivity index (χ0n) is 23.7. The zero-order valence-corrected chi connectivity index (χ0v) is 25.4. The Morgan fingerprint density at radius 1 is 0.638 bits per heavy atom. The van der Waals surface area contributed by atoms with Crippen molar-refractivity contribution in [2.75, 3.05) is 0 Å². The Labute approximate surface area is 263 Å². The molecule has 19 heteroatoms. The molecule has 0 aromatic heterocycles. The van der Waals surface area contributed by atoms with Crippen LogP contribution in [0.25, 0.3) is 0 Å². The minimum absolute atomic E-state index is 0.297. The van der Waals surface area contributed by atoms with Crippen LogP contribution < -0.4 is 9.47 Å². The first-order valence-electron chi connectivity index (χ1n) is 12.9. The highest BCUT2D eigenvalue weighted by Gasteiger charge is 2.75. The monoisotopic (exact) mass is 729 g/mol. The number of hydrogen-bond donors (Lipinski definition) is 2. The summed E-state index contributed by atoms with van der Waals surface area (Å²) in [6.45, 7) is 1.98. The van der Waals surface area contributed by atoms with Crippen molar-refractivity contribution in [3.63, 3.8) is 0 Å². The van der Waals surface area contributed by atoms with Crippen LogP contribution in [0.1, 0.15) is 13.8 Å². The van der Waals surface area contributed by atoms with E-state index >= 15 is 0 Å². The highest BCUT2D eigenvalue weighted by Crippen LogP contribution is 2.48. The molecule has 3 aromatic rings. The van der Waals surface area contributed by atoms with Crippen molar-refractivity contribution in [3.8, 4) is 11.5 Å². The lowest BCUT2D eigenvalue weighted by atomic mass is 9.87. The molecule has 0 heterocycles. The van der Waals surface area contributed by atoms with Crippen molar-refractivity contribution in [2.24, 2.45) is 5.92 Å². The third-order valence-electron chi connectivity index (χ3n) is 6.44. The molecule has 0 amide bonds. The van der Waals surface area contributed by atoms with Crippen LogP contribution in [0.15, 0.2) is 93.5 Å². The first-order chi connectivity index (χ1) is 21.3. The Bertz CT molecular complexity index is 1580. The number of benzene rings is 3. The smallest absolute Gasteiger partial charge is 0.432 e. The number of hydrogen-bond acceptors (Lipinski definition) is 5. The lowest BCUT2D eigenvalue weighted by Gasteiger charge is -2.40. The summed E-state index contributed by atoms with van der Waals surface area (Å²) in [5.74, 6) is -2.82. The van der Waals surface area contributed by atoms with Crippen molar-refractivity contribution >= 4 is 21.0 Å².